The van der Waals surface area contributed by atoms with Gasteiger partial charge in [0.25, 0.3) is 0 Å². The van der Waals surface area contributed by atoms with Gasteiger partial charge in [0.2, 0.25) is 0 Å². The molecule has 0 radical (unpaired) electrons. The third kappa shape index (κ3) is 26.9. The van der Waals surface area contributed by atoms with Crippen molar-refractivity contribution < 1.29 is 24.2 Å². The fourth-order valence-electron chi connectivity index (χ4n) is 3.84. The molecule has 0 bridgehead atoms. The van der Waals surface area contributed by atoms with E-state index in [1.54, 1.807) is 0 Å². The van der Waals surface area contributed by atoms with Crippen LogP contribution in [0.4, 0.5) is 0 Å². The highest BCUT2D eigenvalue weighted by Gasteiger charge is 2.16. The van der Waals surface area contributed by atoms with Crippen molar-refractivity contribution in [3.8, 4) is 0 Å². The molecular formula is C33H56O5. The van der Waals surface area contributed by atoms with Crippen LogP contribution in [-0.4, -0.2) is 36.4 Å². The van der Waals surface area contributed by atoms with Crippen molar-refractivity contribution in [1.29, 1.82) is 0 Å². The largest absolute Gasteiger partial charge is 0.462 e. The van der Waals surface area contributed by atoms with E-state index in [4.69, 9.17) is 9.47 Å². The van der Waals surface area contributed by atoms with E-state index in [2.05, 4.69) is 62.5 Å². The van der Waals surface area contributed by atoms with Crippen LogP contribution in [0.1, 0.15) is 129 Å². The van der Waals surface area contributed by atoms with Crippen LogP contribution in [0.2, 0.25) is 0 Å². The summed E-state index contributed by atoms with van der Waals surface area (Å²) in [5, 5.41) is 9.45. The Bertz CT molecular complexity index is 662. The molecule has 1 N–H and O–H groups in total. The third-order valence-electron chi connectivity index (χ3n) is 6.14. The Kier molecular flexibility index (Phi) is 27.8. The third-order valence-corrected chi connectivity index (χ3v) is 6.14. The molecule has 1 atom stereocenters. The highest BCUT2D eigenvalue weighted by molar-refractivity contribution is 5.70. The first kappa shape index (κ1) is 35.9. The fraction of sp³-hybridized carbons (Fsp3) is 0.697. The average molecular weight is 533 g/mol. The number of carbonyl (C=O) groups is 2. The van der Waals surface area contributed by atoms with E-state index in [-0.39, 0.29) is 25.2 Å². The van der Waals surface area contributed by atoms with Crippen molar-refractivity contribution in [1.82, 2.24) is 0 Å². The van der Waals surface area contributed by atoms with Crippen molar-refractivity contribution in [3.05, 3.63) is 48.6 Å². The van der Waals surface area contributed by atoms with Crippen LogP contribution >= 0.6 is 0 Å². The molecule has 0 aromatic rings. The van der Waals surface area contributed by atoms with E-state index in [1.165, 1.54) is 38.5 Å². The maximum Gasteiger partial charge on any atom is 0.306 e. The maximum absolute atomic E-state index is 12.0. The summed E-state index contributed by atoms with van der Waals surface area (Å²) in [7, 11) is 0. The van der Waals surface area contributed by atoms with E-state index in [1.807, 2.05) is 0 Å². The number of allylic oxidation sites excluding steroid dienone is 8. The molecule has 0 heterocycles. The smallest absolute Gasteiger partial charge is 0.306 e. The normalized spacial score (nSPS) is 12.8. The number of aliphatic hydroxyl groups is 1. The molecule has 0 aromatic carbocycles. The lowest BCUT2D eigenvalue weighted by molar-refractivity contribution is -0.161. The number of hydrogen-bond acceptors (Lipinski definition) is 5. The Labute approximate surface area is 233 Å². The summed E-state index contributed by atoms with van der Waals surface area (Å²) in [4.78, 5) is 24.0. The molecule has 5 nitrogen and oxygen atoms in total. The molecule has 0 aromatic heterocycles. The van der Waals surface area contributed by atoms with Crippen LogP contribution in [0, 0.1) is 0 Å². The fourth-order valence-corrected chi connectivity index (χ4v) is 3.84. The molecule has 38 heavy (non-hydrogen) atoms. The zero-order chi connectivity index (χ0) is 27.9. The van der Waals surface area contributed by atoms with E-state index < -0.39 is 6.10 Å². The van der Waals surface area contributed by atoms with Crippen molar-refractivity contribution in [3.63, 3.8) is 0 Å². The molecular weight excluding hydrogens is 476 g/mol. The van der Waals surface area contributed by atoms with Gasteiger partial charge in [0.05, 0.1) is 6.61 Å². The highest BCUT2D eigenvalue weighted by atomic mass is 16.6. The molecule has 218 valence electrons. The molecule has 0 saturated heterocycles. The molecule has 0 rings (SSSR count). The van der Waals surface area contributed by atoms with Gasteiger partial charge in [-0.15, -0.1) is 0 Å². The molecule has 0 fully saturated rings. The molecule has 0 saturated carbocycles. The number of hydrogen-bond donors (Lipinski definition) is 1. The Morgan fingerprint density at radius 3 is 1.71 bits per heavy atom. The molecule has 0 spiro atoms. The first-order valence-corrected chi connectivity index (χ1v) is 15.2. The van der Waals surface area contributed by atoms with Gasteiger partial charge in [-0.3, -0.25) is 9.59 Å². The number of aliphatic hydroxyl groups excluding tert-OH is 1. The van der Waals surface area contributed by atoms with Gasteiger partial charge in [-0.05, 0) is 51.4 Å². The average Bonchev–Trinajstić information content (AvgIpc) is 2.92. The second-order valence-corrected chi connectivity index (χ2v) is 9.80. The summed E-state index contributed by atoms with van der Waals surface area (Å²) in [6.07, 6.45) is 34.5. The SMILES string of the molecule is CC/C=C/C/C=C/C/C=C/C/C=C/CCCCC(=O)OC[C@H](CO)OC(=O)CCCCCCCCCCC. The zero-order valence-electron chi connectivity index (χ0n) is 24.4. The minimum atomic E-state index is -0.783. The van der Waals surface area contributed by atoms with Gasteiger partial charge in [-0.1, -0.05) is 114 Å². The van der Waals surface area contributed by atoms with Crippen LogP contribution in [0.5, 0.6) is 0 Å². The van der Waals surface area contributed by atoms with Gasteiger partial charge in [-0.2, -0.15) is 0 Å². The van der Waals surface area contributed by atoms with Crippen molar-refractivity contribution >= 4 is 11.9 Å². The van der Waals surface area contributed by atoms with Crippen LogP contribution in [-0.2, 0) is 19.1 Å². The summed E-state index contributed by atoms with van der Waals surface area (Å²) in [5.74, 6) is -0.649. The second kappa shape index (κ2) is 29.4. The molecule has 5 heteroatoms. The molecule has 0 aliphatic rings. The van der Waals surface area contributed by atoms with Gasteiger partial charge in [0.15, 0.2) is 6.10 Å². The Balaban J connectivity index is 3.71. The van der Waals surface area contributed by atoms with E-state index >= 15 is 0 Å². The van der Waals surface area contributed by atoms with Crippen LogP contribution in [0.3, 0.4) is 0 Å². The lowest BCUT2D eigenvalue weighted by Crippen LogP contribution is -2.28. The van der Waals surface area contributed by atoms with E-state index in [9.17, 15) is 14.7 Å². The molecule has 0 unspecified atom stereocenters. The van der Waals surface area contributed by atoms with Gasteiger partial charge < -0.3 is 14.6 Å². The van der Waals surface area contributed by atoms with Crippen molar-refractivity contribution in [2.24, 2.45) is 0 Å². The first-order valence-electron chi connectivity index (χ1n) is 15.2. The van der Waals surface area contributed by atoms with Crippen molar-refractivity contribution in [2.45, 2.75) is 136 Å². The molecule has 0 aliphatic carbocycles. The second-order valence-electron chi connectivity index (χ2n) is 9.80. The number of carbonyl (C=O) groups excluding carboxylic acids is 2. The van der Waals surface area contributed by atoms with Crippen LogP contribution in [0.25, 0.3) is 0 Å². The number of unbranched alkanes of at least 4 members (excludes halogenated alkanes) is 10. The van der Waals surface area contributed by atoms with Crippen LogP contribution in [0.15, 0.2) is 48.6 Å². The Morgan fingerprint density at radius 1 is 0.632 bits per heavy atom. The topological polar surface area (TPSA) is 72.8 Å². The maximum atomic E-state index is 12.0. The summed E-state index contributed by atoms with van der Waals surface area (Å²) >= 11 is 0. The Hall–Kier alpha value is -2.14. The standard InChI is InChI=1S/C33H56O5/c1-3-5-7-9-11-13-14-15-16-17-18-20-21-23-25-27-32(35)37-30-31(29-34)38-33(36)28-26-24-22-19-12-10-8-6-4-2/h5,7,11,13,15-16,18,20,31,34H,3-4,6,8-10,12,14,17,19,21-30H2,1-2H3/b7-5+,13-11+,16-15+,20-18+/t31-/m0/s1. The van der Waals surface area contributed by atoms with Gasteiger partial charge in [0, 0.05) is 12.8 Å². The van der Waals surface area contributed by atoms with Gasteiger partial charge in [0.1, 0.15) is 6.61 Å². The van der Waals surface area contributed by atoms with Gasteiger partial charge in [-0.25, -0.2) is 0 Å². The number of ether oxygens (including phenoxy) is 2. The predicted molar refractivity (Wildman–Crippen MR) is 159 cm³/mol. The summed E-state index contributed by atoms with van der Waals surface area (Å²) in [6, 6.07) is 0. The van der Waals surface area contributed by atoms with E-state index in [0.717, 1.165) is 64.2 Å². The minimum absolute atomic E-state index is 0.0876. The summed E-state index contributed by atoms with van der Waals surface area (Å²) < 4.78 is 10.5. The Morgan fingerprint density at radius 2 is 1.13 bits per heavy atom. The zero-order valence-corrected chi connectivity index (χ0v) is 24.4. The minimum Gasteiger partial charge on any atom is -0.462 e. The van der Waals surface area contributed by atoms with Crippen molar-refractivity contribution in [2.75, 3.05) is 13.2 Å². The monoisotopic (exact) mass is 532 g/mol. The first-order chi connectivity index (χ1) is 18.6. The lowest BCUT2D eigenvalue weighted by Gasteiger charge is -2.15. The molecule has 0 aliphatic heterocycles. The summed E-state index contributed by atoms with van der Waals surface area (Å²) in [5.41, 5.74) is 0. The number of esters is 2. The summed E-state index contributed by atoms with van der Waals surface area (Å²) in [6.45, 7) is 3.93. The van der Waals surface area contributed by atoms with Crippen LogP contribution < -0.4 is 0 Å². The van der Waals surface area contributed by atoms with Gasteiger partial charge >= 0.3 is 11.9 Å². The predicted octanol–water partition coefficient (Wildman–Crippen LogP) is 8.72. The highest BCUT2D eigenvalue weighted by Crippen LogP contribution is 2.11. The quantitative estimate of drug-likeness (QED) is 0.0685. The molecule has 0 amide bonds. The number of rotatable bonds is 26. The lowest BCUT2D eigenvalue weighted by atomic mass is 10.1. The van der Waals surface area contributed by atoms with E-state index in [0.29, 0.717) is 12.8 Å².